The summed E-state index contributed by atoms with van der Waals surface area (Å²) in [6.45, 7) is 2.13. The Morgan fingerprint density at radius 2 is 1.94 bits per heavy atom. The van der Waals surface area contributed by atoms with Gasteiger partial charge in [0.15, 0.2) is 5.82 Å². The highest BCUT2D eigenvalue weighted by molar-refractivity contribution is 7.11. The first-order chi connectivity index (χ1) is 7.79. The van der Waals surface area contributed by atoms with Gasteiger partial charge in [0.1, 0.15) is 6.10 Å². The highest BCUT2D eigenvalue weighted by atomic mass is 32.1. The van der Waals surface area contributed by atoms with E-state index in [0.29, 0.717) is 12.2 Å². The second-order valence-corrected chi connectivity index (χ2v) is 4.80. The van der Waals surface area contributed by atoms with Crippen molar-refractivity contribution >= 4 is 11.3 Å². The van der Waals surface area contributed by atoms with Crippen LogP contribution in [0.3, 0.4) is 0 Å². The molecular formula is C12H14N2OS. The molecule has 0 saturated carbocycles. The molecule has 84 valence electrons. The lowest BCUT2D eigenvalue weighted by atomic mass is 10.2. The van der Waals surface area contributed by atoms with Gasteiger partial charge in [0, 0.05) is 28.6 Å². The van der Waals surface area contributed by atoms with Crippen LogP contribution >= 0.6 is 11.3 Å². The van der Waals surface area contributed by atoms with Crippen LogP contribution in [0.15, 0.2) is 30.6 Å². The first-order valence-electron chi connectivity index (χ1n) is 5.32. The Labute approximate surface area is 98.8 Å². The Kier molecular flexibility index (Phi) is 3.64. The Morgan fingerprint density at radius 3 is 2.56 bits per heavy atom. The number of hydrogen-bond acceptors (Lipinski definition) is 4. The van der Waals surface area contributed by atoms with Crippen LogP contribution in [0.25, 0.3) is 0 Å². The fourth-order valence-corrected chi connectivity index (χ4v) is 2.48. The van der Waals surface area contributed by atoms with Crippen molar-refractivity contribution < 1.29 is 5.11 Å². The highest BCUT2D eigenvalue weighted by Crippen LogP contribution is 2.22. The normalized spacial score (nSPS) is 12.6. The van der Waals surface area contributed by atoms with Gasteiger partial charge in [-0.1, -0.05) is 6.92 Å². The maximum atomic E-state index is 9.94. The standard InChI is InChI=1S/C12H14N2OS/c1-2-9-4-5-10(16-9)8-11(15)12-13-6-3-7-14-12/h3-7,11,15H,2,8H2,1H3. The molecule has 0 aliphatic rings. The molecule has 3 nitrogen and oxygen atoms in total. The number of nitrogens with zero attached hydrogens (tertiary/aromatic N) is 2. The third-order valence-electron chi connectivity index (χ3n) is 2.34. The summed E-state index contributed by atoms with van der Waals surface area (Å²) in [5, 5.41) is 9.94. The molecule has 0 radical (unpaired) electrons. The molecular weight excluding hydrogens is 220 g/mol. The fourth-order valence-electron chi connectivity index (χ4n) is 1.49. The molecule has 0 spiro atoms. The monoisotopic (exact) mass is 234 g/mol. The molecule has 0 aliphatic carbocycles. The molecule has 0 aromatic carbocycles. The number of thiophene rings is 1. The molecule has 0 fully saturated rings. The van der Waals surface area contributed by atoms with Crippen LogP contribution in [0.1, 0.15) is 28.6 Å². The number of aryl methyl sites for hydroxylation is 1. The largest absolute Gasteiger partial charge is 0.385 e. The maximum absolute atomic E-state index is 9.94. The van der Waals surface area contributed by atoms with Crippen molar-refractivity contribution in [2.24, 2.45) is 0 Å². The summed E-state index contributed by atoms with van der Waals surface area (Å²) in [6, 6.07) is 5.92. The van der Waals surface area contributed by atoms with Gasteiger partial charge in [-0.25, -0.2) is 9.97 Å². The van der Waals surface area contributed by atoms with Crippen molar-refractivity contribution in [3.05, 3.63) is 46.2 Å². The quantitative estimate of drug-likeness (QED) is 0.883. The van der Waals surface area contributed by atoms with Crippen LogP contribution in [0.4, 0.5) is 0 Å². The predicted molar refractivity (Wildman–Crippen MR) is 64.4 cm³/mol. The molecule has 16 heavy (non-hydrogen) atoms. The Bertz CT molecular complexity index is 441. The zero-order valence-electron chi connectivity index (χ0n) is 9.13. The summed E-state index contributed by atoms with van der Waals surface area (Å²) in [4.78, 5) is 10.6. The van der Waals surface area contributed by atoms with Crippen LogP contribution < -0.4 is 0 Å². The topological polar surface area (TPSA) is 46.0 Å². The SMILES string of the molecule is CCc1ccc(CC(O)c2ncccn2)s1. The van der Waals surface area contributed by atoms with Crippen molar-refractivity contribution in [2.75, 3.05) is 0 Å². The van der Waals surface area contributed by atoms with Gasteiger partial charge < -0.3 is 5.11 Å². The molecule has 2 rings (SSSR count). The summed E-state index contributed by atoms with van der Waals surface area (Å²) in [7, 11) is 0. The molecule has 2 heterocycles. The first-order valence-corrected chi connectivity index (χ1v) is 6.14. The lowest BCUT2D eigenvalue weighted by Crippen LogP contribution is -2.05. The van der Waals surface area contributed by atoms with E-state index in [1.54, 1.807) is 29.8 Å². The van der Waals surface area contributed by atoms with E-state index < -0.39 is 6.10 Å². The summed E-state index contributed by atoms with van der Waals surface area (Å²) >= 11 is 1.74. The number of hydrogen-bond donors (Lipinski definition) is 1. The summed E-state index contributed by atoms with van der Waals surface area (Å²) in [5.41, 5.74) is 0. The van der Waals surface area contributed by atoms with Crippen molar-refractivity contribution in [3.63, 3.8) is 0 Å². The average molecular weight is 234 g/mol. The number of aromatic nitrogens is 2. The lowest BCUT2D eigenvalue weighted by Gasteiger charge is -2.06. The minimum Gasteiger partial charge on any atom is -0.385 e. The van der Waals surface area contributed by atoms with Gasteiger partial charge in [-0.05, 0) is 24.6 Å². The average Bonchev–Trinajstić information content (AvgIpc) is 2.78. The van der Waals surface area contributed by atoms with Crippen molar-refractivity contribution in [2.45, 2.75) is 25.9 Å². The zero-order valence-corrected chi connectivity index (χ0v) is 9.94. The predicted octanol–water partition coefficient (Wildman–Crippen LogP) is 2.38. The van der Waals surface area contributed by atoms with E-state index in [2.05, 4.69) is 29.0 Å². The molecule has 1 N–H and O–H groups in total. The van der Waals surface area contributed by atoms with Gasteiger partial charge >= 0.3 is 0 Å². The van der Waals surface area contributed by atoms with Crippen LogP contribution in [0.5, 0.6) is 0 Å². The van der Waals surface area contributed by atoms with Crippen LogP contribution in [-0.4, -0.2) is 15.1 Å². The van der Waals surface area contributed by atoms with Crippen molar-refractivity contribution in [1.82, 2.24) is 9.97 Å². The van der Waals surface area contributed by atoms with Crippen LogP contribution in [0.2, 0.25) is 0 Å². The van der Waals surface area contributed by atoms with E-state index in [4.69, 9.17) is 0 Å². The fraction of sp³-hybridized carbons (Fsp3) is 0.333. The number of aliphatic hydroxyl groups excluding tert-OH is 1. The Morgan fingerprint density at radius 1 is 1.25 bits per heavy atom. The van der Waals surface area contributed by atoms with Gasteiger partial charge in [-0.2, -0.15) is 0 Å². The van der Waals surface area contributed by atoms with Crippen molar-refractivity contribution in [3.8, 4) is 0 Å². The van der Waals surface area contributed by atoms with Gasteiger partial charge in [-0.3, -0.25) is 0 Å². The third kappa shape index (κ3) is 2.65. The Balaban J connectivity index is 2.05. The molecule has 0 amide bonds. The minimum absolute atomic E-state index is 0.494. The van der Waals surface area contributed by atoms with Crippen LogP contribution in [-0.2, 0) is 12.8 Å². The van der Waals surface area contributed by atoms with Gasteiger partial charge in [-0.15, -0.1) is 11.3 Å². The number of rotatable bonds is 4. The van der Waals surface area contributed by atoms with E-state index in [9.17, 15) is 5.11 Å². The Hall–Kier alpha value is -1.26. The first kappa shape index (κ1) is 11.2. The maximum Gasteiger partial charge on any atom is 0.157 e. The second kappa shape index (κ2) is 5.18. The van der Waals surface area contributed by atoms with E-state index >= 15 is 0 Å². The van der Waals surface area contributed by atoms with E-state index in [1.165, 1.54) is 9.75 Å². The molecule has 1 unspecified atom stereocenters. The third-order valence-corrected chi connectivity index (χ3v) is 3.60. The zero-order chi connectivity index (χ0) is 11.4. The van der Waals surface area contributed by atoms with Gasteiger partial charge in [0.05, 0.1) is 0 Å². The molecule has 2 aromatic heterocycles. The lowest BCUT2D eigenvalue weighted by molar-refractivity contribution is 0.169. The molecule has 2 aromatic rings. The molecule has 1 atom stereocenters. The van der Waals surface area contributed by atoms with E-state index in [-0.39, 0.29) is 0 Å². The van der Waals surface area contributed by atoms with Gasteiger partial charge in [0.2, 0.25) is 0 Å². The summed E-state index contributed by atoms with van der Waals surface area (Å²) < 4.78 is 0. The van der Waals surface area contributed by atoms with Crippen LogP contribution in [0, 0.1) is 0 Å². The molecule has 4 heteroatoms. The molecule has 0 aliphatic heterocycles. The van der Waals surface area contributed by atoms with Crippen molar-refractivity contribution in [1.29, 1.82) is 0 Å². The molecule has 0 saturated heterocycles. The van der Waals surface area contributed by atoms with E-state index in [1.807, 2.05) is 0 Å². The highest BCUT2D eigenvalue weighted by Gasteiger charge is 2.12. The minimum atomic E-state index is -0.607. The summed E-state index contributed by atoms with van der Waals surface area (Å²) in [6.07, 6.45) is 4.33. The number of aliphatic hydroxyl groups is 1. The van der Waals surface area contributed by atoms with Gasteiger partial charge in [0.25, 0.3) is 0 Å². The smallest absolute Gasteiger partial charge is 0.157 e. The second-order valence-electron chi connectivity index (χ2n) is 3.55. The van der Waals surface area contributed by atoms with E-state index in [0.717, 1.165) is 6.42 Å². The molecule has 0 bridgehead atoms. The summed E-state index contributed by atoms with van der Waals surface area (Å²) in [5.74, 6) is 0.494.